The van der Waals surface area contributed by atoms with Crippen molar-refractivity contribution in [1.29, 1.82) is 0 Å². The lowest BCUT2D eigenvalue weighted by Gasteiger charge is -2.46. The number of rotatable bonds is 5. The van der Waals surface area contributed by atoms with Gasteiger partial charge in [-0.05, 0) is 66.0 Å². The van der Waals surface area contributed by atoms with Gasteiger partial charge in [0.05, 0.1) is 5.56 Å². The average molecular weight is 515 g/mol. The molecule has 0 aromatic heterocycles. The maximum Gasteiger partial charge on any atom is 0.340 e. The third-order valence-electron chi connectivity index (χ3n) is 8.98. The lowest BCUT2D eigenvalue weighted by Crippen LogP contribution is -2.65. The third-order valence-corrected chi connectivity index (χ3v) is 13.8. The molecule has 3 aromatic rings. The van der Waals surface area contributed by atoms with E-state index in [9.17, 15) is 4.79 Å². The fourth-order valence-corrected chi connectivity index (χ4v) is 11.4. The van der Waals surface area contributed by atoms with Gasteiger partial charge in [-0.15, -0.1) is 11.6 Å². The molecule has 0 bridgehead atoms. The number of anilines is 2. The molecule has 0 saturated carbocycles. The van der Waals surface area contributed by atoms with E-state index in [1.54, 1.807) is 0 Å². The summed E-state index contributed by atoms with van der Waals surface area (Å²) in [5.74, 6) is 0.431. The Balaban J connectivity index is 1.53. The van der Waals surface area contributed by atoms with Crippen molar-refractivity contribution in [2.24, 2.45) is 0 Å². The van der Waals surface area contributed by atoms with Crippen molar-refractivity contribution in [2.75, 3.05) is 41.9 Å². The van der Waals surface area contributed by atoms with Gasteiger partial charge in [0.15, 0.2) is 5.60 Å². The molecular weight excluding hydrogens is 484 g/mol. The second-order valence-electron chi connectivity index (χ2n) is 10.9. The summed E-state index contributed by atoms with van der Waals surface area (Å²) in [6, 6.07) is 22.9. The molecule has 6 heteroatoms. The number of fused-ring (bicyclic) bond motifs is 6. The van der Waals surface area contributed by atoms with E-state index in [-0.39, 0.29) is 5.97 Å². The smallest absolute Gasteiger partial charge is 0.340 e. The predicted octanol–water partition coefficient (Wildman–Crippen LogP) is 4.70. The van der Waals surface area contributed by atoms with Gasteiger partial charge in [0.25, 0.3) is 0 Å². The highest BCUT2D eigenvalue weighted by Crippen LogP contribution is 2.50. The lowest BCUT2D eigenvalue weighted by molar-refractivity contribution is 0.0255. The van der Waals surface area contributed by atoms with Gasteiger partial charge >= 0.3 is 5.97 Å². The first-order valence-electron chi connectivity index (χ1n) is 13.2. The summed E-state index contributed by atoms with van der Waals surface area (Å²) in [4.78, 5) is 18.2. The Morgan fingerprint density at radius 2 is 1.44 bits per heavy atom. The second kappa shape index (κ2) is 8.12. The fraction of sp³-hybridized carbons (Fsp3) is 0.367. The highest BCUT2D eigenvalue weighted by molar-refractivity contribution is 7.02. The first-order valence-corrected chi connectivity index (χ1v) is 16.5. The monoisotopic (exact) mass is 514 g/mol. The molecule has 4 heterocycles. The molecule has 2 saturated heterocycles. The number of alkyl halides is 1. The summed E-state index contributed by atoms with van der Waals surface area (Å²) >= 11 is 6.31. The van der Waals surface area contributed by atoms with Gasteiger partial charge in [0.2, 0.25) is 0 Å². The predicted molar refractivity (Wildman–Crippen MR) is 149 cm³/mol. The molecule has 7 rings (SSSR count). The quantitative estimate of drug-likeness (QED) is 0.280. The fourth-order valence-electron chi connectivity index (χ4n) is 6.73. The van der Waals surface area contributed by atoms with Crippen LogP contribution in [0.15, 0.2) is 60.7 Å². The van der Waals surface area contributed by atoms with Crippen LogP contribution in [0, 0.1) is 0 Å². The zero-order valence-electron chi connectivity index (χ0n) is 20.7. The summed E-state index contributed by atoms with van der Waals surface area (Å²) in [6.45, 7) is 6.94. The van der Waals surface area contributed by atoms with Crippen LogP contribution in [-0.4, -0.2) is 46.1 Å². The van der Waals surface area contributed by atoms with Gasteiger partial charge in [-0.25, -0.2) is 4.79 Å². The molecule has 0 radical (unpaired) electrons. The van der Waals surface area contributed by atoms with Crippen LogP contribution < -0.4 is 20.2 Å². The highest BCUT2D eigenvalue weighted by atomic mass is 35.5. The van der Waals surface area contributed by atoms with Gasteiger partial charge in [0.1, 0.15) is 8.07 Å². The first kappa shape index (κ1) is 22.4. The van der Waals surface area contributed by atoms with E-state index < -0.39 is 13.7 Å². The molecule has 0 N–H and O–H groups in total. The number of nitrogens with zero attached hydrogens (tertiary/aromatic N) is 2. The summed E-state index contributed by atoms with van der Waals surface area (Å²) < 4.78 is 6.52. The minimum absolute atomic E-state index is 0.229. The topological polar surface area (TPSA) is 32.8 Å². The van der Waals surface area contributed by atoms with Crippen LogP contribution in [-0.2, 0) is 10.3 Å². The number of benzene rings is 3. The number of hydrogen-bond donors (Lipinski definition) is 0. The molecule has 1 spiro atoms. The second-order valence-corrected chi connectivity index (χ2v) is 15.5. The average Bonchev–Trinajstić information content (AvgIpc) is 3.13. The Hall–Kier alpha value is -2.76. The summed E-state index contributed by atoms with van der Waals surface area (Å²) in [6.07, 6.45) is 3.47. The molecule has 2 fully saturated rings. The van der Waals surface area contributed by atoms with Crippen LogP contribution in [0.3, 0.4) is 0 Å². The van der Waals surface area contributed by atoms with Crippen molar-refractivity contribution < 1.29 is 9.53 Å². The normalized spacial score (nSPS) is 25.6. The highest BCUT2D eigenvalue weighted by Gasteiger charge is 2.57. The number of hydrogen-bond acceptors (Lipinski definition) is 4. The molecule has 4 aliphatic rings. The van der Waals surface area contributed by atoms with Crippen LogP contribution >= 0.6 is 11.6 Å². The SMILES string of the molecule is C[Si]1(CCCCl)c2cc(N3CCC3)ccc2C2(OC(=O)c3ccccc32)c2ccc(N3CCC3)cc21. The van der Waals surface area contributed by atoms with Gasteiger partial charge < -0.3 is 14.5 Å². The number of carbonyl (C=O) groups excluding carboxylic acids is 1. The van der Waals surface area contributed by atoms with Gasteiger partial charge in [-0.3, -0.25) is 0 Å². The lowest BCUT2D eigenvalue weighted by atomic mass is 9.79. The molecule has 36 heavy (non-hydrogen) atoms. The van der Waals surface area contributed by atoms with E-state index >= 15 is 0 Å². The molecule has 0 unspecified atom stereocenters. The Morgan fingerprint density at radius 3 is 1.97 bits per heavy atom. The summed E-state index contributed by atoms with van der Waals surface area (Å²) in [5.41, 5.74) is 5.64. The maximum absolute atomic E-state index is 13.3. The van der Waals surface area contributed by atoms with Crippen molar-refractivity contribution in [1.82, 2.24) is 0 Å². The van der Waals surface area contributed by atoms with Crippen molar-refractivity contribution in [3.05, 3.63) is 82.9 Å². The number of esters is 1. The number of carbonyl (C=O) groups is 1. The van der Waals surface area contributed by atoms with Crippen LogP contribution in [0.5, 0.6) is 0 Å². The molecule has 3 aromatic carbocycles. The molecular formula is C30H31ClN2O2Si. The van der Waals surface area contributed by atoms with E-state index in [4.69, 9.17) is 16.3 Å². The van der Waals surface area contributed by atoms with Crippen molar-refractivity contribution >= 4 is 47.4 Å². The Labute approximate surface area is 218 Å². The minimum Gasteiger partial charge on any atom is -0.441 e. The van der Waals surface area contributed by atoms with Crippen molar-refractivity contribution in [3.8, 4) is 0 Å². The van der Waals surface area contributed by atoms with E-state index in [0.717, 1.165) is 55.3 Å². The Kier molecular flexibility index (Phi) is 5.06. The molecule has 4 nitrogen and oxygen atoms in total. The van der Waals surface area contributed by atoms with Crippen LogP contribution in [0.4, 0.5) is 11.4 Å². The van der Waals surface area contributed by atoms with E-state index in [0.29, 0.717) is 11.4 Å². The molecule has 0 amide bonds. The minimum atomic E-state index is -2.20. The largest absolute Gasteiger partial charge is 0.441 e. The van der Waals surface area contributed by atoms with Crippen molar-refractivity contribution in [2.45, 2.75) is 37.5 Å². The van der Waals surface area contributed by atoms with Crippen LogP contribution in [0.1, 0.15) is 46.3 Å². The molecule has 4 aliphatic heterocycles. The van der Waals surface area contributed by atoms with Crippen molar-refractivity contribution in [3.63, 3.8) is 0 Å². The maximum atomic E-state index is 13.3. The van der Waals surface area contributed by atoms with E-state index in [1.165, 1.54) is 34.6 Å². The van der Waals surface area contributed by atoms with Crippen LogP contribution in [0.25, 0.3) is 0 Å². The number of halogens is 1. The van der Waals surface area contributed by atoms with Gasteiger partial charge in [-0.2, -0.15) is 0 Å². The first-order chi connectivity index (χ1) is 17.6. The van der Waals surface area contributed by atoms with E-state index in [2.05, 4.69) is 58.8 Å². The Morgan fingerprint density at radius 1 is 0.861 bits per heavy atom. The van der Waals surface area contributed by atoms with Gasteiger partial charge in [-0.1, -0.05) is 36.9 Å². The molecule has 184 valence electrons. The standard InChI is InChI=1S/C30H31ClN2O2Si/c1-36(18-4-13-31)27-19-21(32-14-5-15-32)9-11-25(27)30(24-8-3-2-7-23(24)29(34)35-30)26-12-10-22(20-28(26)36)33-16-6-17-33/h2-3,7-12,19-20H,4-6,13-18H2,1H3. The van der Waals surface area contributed by atoms with Gasteiger partial charge in [0, 0.05) is 60.1 Å². The zero-order valence-corrected chi connectivity index (χ0v) is 22.5. The van der Waals surface area contributed by atoms with Crippen LogP contribution in [0.2, 0.25) is 12.6 Å². The summed E-state index contributed by atoms with van der Waals surface area (Å²) in [5, 5.41) is 2.80. The zero-order chi connectivity index (χ0) is 24.5. The molecule has 0 atom stereocenters. The summed E-state index contributed by atoms with van der Waals surface area (Å²) in [7, 11) is -2.20. The number of ether oxygens (including phenoxy) is 1. The molecule has 0 aliphatic carbocycles. The Bertz CT molecular complexity index is 1320. The third kappa shape index (κ3) is 2.96. The van der Waals surface area contributed by atoms with E-state index in [1.807, 2.05) is 18.2 Å².